The maximum absolute atomic E-state index is 8.97. The van der Waals surface area contributed by atoms with Gasteiger partial charge in [0.2, 0.25) is 0 Å². The molecule has 1 heteroatoms. The average Bonchev–Trinajstić information content (AvgIpc) is 2.48. The molecule has 0 aromatic heterocycles. The van der Waals surface area contributed by atoms with Crippen molar-refractivity contribution in [2.75, 3.05) is 0 Å². The molecule has 0 heterocycles. The fraction of sp³-hybridized carbons (Fsp3) is 0.833. The zero-order chi connectivity index (χ0) is 13.5. The smallest absolute Gasteiger partial charge is 0.0655 e. The van der Waals surface area contributed by atoms with E-state index >= 15 is 0 Å². The van der Waals surface area contributed by atoms with Gasteiger partial charge in [0.05, 0.1) is 6.07 Å². The number of hydrogen-bond donors (Lipinski definition) is 0. The van der Waals surface area contributed by atoms with Gasteiger partial charge in [0, 0.05) is 5.92 Å². The first-order valence-corrected chi connectivity index (χ1v) is 8.39. The second-order valence-electron chi connectivity index (χ2n) is 6.63. The molecule has 0 saturated heterocycles. The summed E-state index contributed by atoms with van der Waals surface area (Å²) in [7, 11) is 0. The minimum Gasteiger partial charge on any atom is -0.198 e. The van der Waals surface area contributed by atoms with Crippen LogP contribution in [-0.4, -0.2) is 0 Å². The summed E-state index contributed by atoms with van der Waals surface area (Å²) in [6, 6.07) is 2.45. The number of rotatable bonds is 4. The van der Waals surface area contributed by atoms with Crippen LogP contribution >= 0.6 is 0 Å². The Morgan fingerprint density at radius 2 is 1.53 bits per heavy atom. The van der Waals surface area contributed by atoms with Crippen molar-refractivity contribution in [2.24, 2.45) is 23.7 Å². The van der Waals surface area contributed by atoms with Crippen LogP contribution in [0.3, 0.4) is 0 Å². The molecule has 2 saturated carbocycles. The molecule has 0 aliphatic heterocycles. The van der Waals surface area contributed by atoms with Gasteiger partial charge in [-0.1, -0.05) is 25.5 Å². The van der Waals surface area contributed by atoms with E-state index in [0.29, 0.717) is 5.92 Å². The highest BCUT2D eigenvalue weighted by Gasteiger charge is 2.30. The van der Waals surface area contributed by atoms with Crippen molar-refractivity contribution in [1.82, 2.24) is 0 Å². The second kappa shape index (κ2) is 7.73. The molecule has 106 valence electrons. The Hall–Kier alpha value is -0.770. The zero-order valence-electron chi connectivity index (χ0n) is 12.5. The van der Waals surface area contributed by atoms with E-state index in [2.05, 4.69) is 25.1 Å². The Morgan fingerprint density at radius 1 is 0.947 bits per heavy atom. The molecule has 19 heavy (non-hydrogen) atoms. The lowest BCUT2D eigenvalue weighted by Crippen LogP contribution is -2.25. The van der Waals surface area contributed by atoms with Crippen molar-refractivity contribution < 1.29 is 0 Å². The Morgan fingerprint density at radius 3 is 2.05 bits per heavy atom. The first-order valence-electron chi connectivity index (χ1n) is 8.39. The topological polar surface area (TPSA) is 23.8 Å². The third-order valence-corrected chi connectivity index (χ3v) is 5.30. The Balaban J connectivity index is 1.70. The summed E-state index contributed by atoms with van der Waals surface area (Å²) >= 11 is 0. The van der Waals surface area contributed by atoms with Gasteiger partial charge in [0.15, 0.2) is 0 Å². The molecule has 1 nitrogen and oxygen atoms in total. The van der Waals surface area contributed by atoms with E-state index in [-0.39, 0.29) is 0 Å². The van der Waals surface area contributed by atoms with Gasteiger partial charge in [0.1, 0.15) is 0 Å². The van der Waals surface area contributed by atoms with Crippen LogP contribution in [0, 0.1) is 35.0 Å². The first-order chi connectivity index (χ1) is 9.33. The van der Waals surface area contributed by atoms with Crippen molar-refractivity contribution >= 4 is 0 Å². The Bertz CT molecular complexity index is 309. The highest BCUT2D eigenvalue weighted by molar-refractivity contribution is 4.93. The summed E-state index contributed by atoms with van der Waals surface area (Å²) in [5, 5.41) is 8.97. The summed E-state index contributed by atoms with van der Waals surface area (Å²) in [6.45, 7) is 2.25. The van der Waals surface area contributed by atoms with Crippen molar-refractivity contribution in [3.05, 3.63) is 12.2 Å². The number of nitriles is 1. The van der Waals surface area contributed by atoms with Crippen LogP contribution in [-0.2, 0) is 0 Å². The average molecular weight is 259 g/mol. The second-order valence-corrected chi connectivity index (χ2v) is 6.63. The van der Waals surface area contributed by atoms with Crippen LogP contribution in [0.25, 0.3) is 0 Å². The van der Waals surface area contributed by atoms with Crippen molar-refractivity contribution in [2.45, 2.75) is 71.1 Å². The fourth-order valence-corrected chi connectivity index (χ4v) is 3.98. The summed E-state index contributed by atoms with van der Waals surface area (Å²) in [4.78, 5) is 0. The van der Waals surface area contributed by atoms with Crippen LogP contribution in [0.1, 0.15) is 71.1 Å². The van der Waals surface area contributed by atoms with Gasteiger partial charge >= 0.3 is 0 Å². The van der Waals surface area contributed by atoms with Crippen LogP contribution in [0.2, 0.25) is 0 Å². The van der Waals surface area contributed by atoms with Gasteiger partial charge in [-0.15, -0.1) is 0 Å². The Kier molecular flexibility index (Phi) is 5.95. The largest absolute Gasteiger partial charge is 0.198 e. The van der Waals surface area contributed by atoms with Crippen molar-refractivity contribution in [3.63, 3.8) is 0 Å². The maximum Gasteiger partial charge on any atom is 0.0655 e. The zero-order valence-corrected chi connectivity index (χ0v) is 12.5. The lowest BCUT2D eigenvalue weighted by Gasteiger charge is -2.36. The molecular weight excluding hydrogens is 230 g/mol. The van der Waals surface area contributed by atoms with Gasteiger partial charge in [-0.2, -0.15) is 5.26 Å². The quantitative estimate of drug-likeness (QED) is 0.613. The lowest BCUT2D eigenvalue weighted by molar-refractivity contribution is 0.168. The number of unbranched alkanes of at least 4 members (excludes halogenated alkanes) is 1. The highest BCUT2D eigenvalue weighted by atomic mass is 14.4. The van der Waals surface area contributed by atoms with Crippen LogP contribution in [0.4, 0.5) is 0 Å². The molecule has 2 aliphatic carbocycles. The third kappa shape index (κ3) is 4.37. The fourth-order valence-electron chi connectivity index (χ4n) is 3.98. The van der Waals surface area contributed by atoms with Gasteiger partial charge < -0.3 is 0 Å². The molecule has 2 rings (SSSR count). The normalized spacial score (nSPS) is 36.2. The molecule has 0 radical (unpaired) electrons. The van der Waals surface area contributed by atoms with E-state index in [1.54, 1.807) is 0 Å². The molecule has 0 unspecified atom stereocenters. The number of allylic oxidation sites excluding steroid dienone is 2. The molecule has 2 fully saturated rings. The lowest BCUT2D eigenvalue weighted by atomic mass is 9.69. The van der Waals surface area contributed by atoms with Gasteiger partial charge in [0.25, 0.3) is 0 Å². The van der Waals surface area contributed by atoms with Crippen LogP contribution < -0.4 is 0 Å². The van der Waals surface area contributed by atoms with Crippen LogP contribution in [0.15, 0.2) is 12.2 Å². The molecule has 0 spiro atoms. The molecule has 0 atom stereocenters. The van der Waals surface area contributed by atoms with Crippen molar-refractivity contribution in [3.8, 4) is 6.07 Å². The standard InChI is InChI=1S/C18H29N/c1-2-3-4-5-15-6-10-17(11-7-15)18-12-8-16(14-19)9-13-18/h4-5,15-18H,2-3,6-13H2,1H3/t15-,16-,17-,18-. The number of nitrogens with zero attached hydrogens (tertiary/aromatic N) is 1. The monoisotopic (exact) mass is 259 g/mol. The molecule has 0 aromatic carbocycles. The van der Waals surface area contributed by atoms with Gasteiger partial charge in [-0.05, 0) is 75.5 Å². The Labute approximate surface area is 119 Å². The minimum absolute atomic E-state index is 0.365. The predicted molar refractivity (Wildman–Crippen MR) is 80.6 cm³/mol. The first kappa shape index (κ1) is 14.6. The summed E-state index contributed by atoms with van der Waals surface area (Å²) in [5.41, 5.74) is 0. The van der Waals surface area contributed by atoms with E-state index in [9.17, 15) is 0 Å². The summed E-state index contributed by atoms with van der Waals surface area (Å²) < 4.78 is 0. The molecular formula is C18H29N. The maximum atomic E-state index is 8.97. The summed E-state index contributed by atoms with van der Waals surface area (Å²) in [6.07, 6.45) is 18.0. The highest BCUT2D eigenvalue weighted by Crippen LogP contribution is 2.41. The molecule has 2 aliphatic rings. The molecule has 0 amide bonds. The van der Waals surface area contributed by atoms with Gasteiger partial charge in [-0.25, -0.2) is 0 Å². The SMILES string of the molecule is CCCC=C[C@H]1CC[C@H]([C@H]2CC[C@H](C#N)CC2)CC1. The molecule has 0 N–H and O–H groups in total. The van der Waals surface area contributed by atoms with Crippen molar-refractivity contribution in [1.29, 1.82) is 5.26 Å². The van der Waals surface area contributed by atoms with E-state index < -0.39 is 0 Å². The van der Waals surface area contributed by atoms with E-state index in [4.69, 9.17) is 5.26 Å². The van der Waals surface area contributed by atoms with E-state index in [1.807, 2.05) is 0 Å². The minimum atomic E-state index is 0.365. The predicted octanol–water partition coefficient (Wildman–Crippen LogP) is 5.48. The van der Waals surface area contributed by atoms with E-state index in [1.165, 1.54) is 51.4 Å². The van der Waals surface area contributed by atoms with Crippen LogP contribution in [0.5, 0.6) is 0 Å². The van der Waals surface area contributed by atoms with Gasteiger partial charge in [-0.3, -0.25) is 0 Å². The number of hydrogen-bond acceptors (Lipinski definition) is 1. The summed E-state index contributed by atoms with van der Waals surface area (Å²) in [5.74, 6) is 3.13. The molecule has 0 bridgehead atoms. The third-order valence-electron chi connectivity index (χ3n) is 5.30. The van der Waals surface area contributed by atoms with E-state index in [0.717, 1.165) is 30.6 Å². The molecule has 0 aromatic rings.